The maximum Gasteiger partial charge on any atom is 0.192 e. The van der Waals surface area contributed by atoms with Crippen LogP contribution in [0.2, 0.25) is 0 Å². The lowest BCUT2D eigenvalue weighted by molar-refractivity contribution is 0.610. The van der Waals surface area contributed by atoms with Crippen LogP contribution in [0, 0.1) is 11.3 Å². The smallest absolute Gasteiger partial charge is 0.192 e. The second kappa shape index (κ2) is 8.13. The van der Waals surface area contributed by atoms with Gasteiger partial charge in [0.25, 0.3) is 0 Å². The van der Waals surface area contributed by atoms with E-state index in [-0.39, 0.29) is 5.25 Å². The highest BCUT2D eigenvalue weighted by Crippen LogP contribution is 2.24. The molecular weight excluding hydrogens is 336 g/mol. The topological polar surface area (TPSA) is 54.5 Å². The normalized spacial score (nSPS) is 12.0. The van der Waals surface area contributed by atoms with Crippen LogP contribution >= 0.6 is 23.1 Å². The van der Waals surface area contributed by atoms with Crippen LogP contribution in [0.5, 0.6) is 0 Å². The Bertz CT molecular complexity index is 803. The summed E-state index contributed by atoms with van der Waals surface area (Å²) in [6.07, 6.45) is 1.70. The predicted octanol–water partition coefficient (Wildman–Crippen LogP) is 4.18. The van der Waals surface area contributed by atoms with Crippen molar-refractivity contribution < 1.29 is 0 Å². The van der Waals surface area contributed by atoms with Crippen LogP contribution in [0.4, 0.5) is 0 Å². The number of aromatic nitrogens is 3. The fraction of sp³-hybridized carbons (Fsp3) is 0.278. The quantitative estimate of drug-likeness (QED) is 0.597. The molecular formula is C18H18N4S2. The zero-order valence-corrected chi connectivity index (χ0v) is 15.1. The monoisotopic (exact) mass is 354 g/mol. The Kier molecular flexibility index (Phi) is 5.68. The van der Waals surface area contributed by atoms with Crippen LogP contribution in [-0.4, -0.2) is 20.0 Å². The largest absolute Gasteiger partial charge is 0.305 e. The van der Waals surface area contributed by atoms with Crippen LogP contribution in [0.3, 0.4) is 0 Å². The molecule has 0 saturated heterocycles. The predicted molar refractivity (Wildman–Crippen MR) is 98.2 cm³/mol. The first kappa shape index (κ1) is 16.7. The molecule has 1 unspecified atom stereocenters. The van der Waals surface area contributed by atoms with E-state index in [0.29, 0.717) is 0 Å². The molecule has 6 heteroatoms. The van der Waals surface area contributed by atoms with E-state index in [9.17, 15) is 0 Å². The van der Waals surface area contributed by atoms with Crippen LogP contribution < -0.4 is 0 Å². The van der Waals surface area contributed by atoms with Crippen LogP contribution in [0.15, 0.2) is 53.0 Å². The maximum absolute atomic E-state index is 9.08. The maximum atomic E-state index is 9.08. The van der Waals surface area contributed by atoms with Crippen molar-refractivity contribution in [2.45, 2.75) is 36.7 Å². The van der Waals surface area contributed by atoms with Crippen molar-refractivity contribution in [2.24, 2.45) is 0 Å². The van der Waals surface area contributed by atoms with Gasteiger partial charge >= 0.3 is 0 Å². The van der Waals surface area contributed by atoms with E-state index in [1.807, 2.05) is 13.0 Å². The summed E-state index contributed by atoms with van der Waals surface area (Å²) in [6, 6.07) is 16.8. The van der Waals surface area contributed by atoms with Crippen molar-refractivity contribution in [1.29, 1.82) is 5.26 Å². The Morgan fingerprint density at radius 3 is 2.75 bits per heavy atom. The molecule has 2 heterocycles. The summed E-state index contributed by atoms with van der Waals surface area (Å²) in [5, 5.41) is 20.6. The first-order chi connectivity index (χ1) is 11.8. The highest BCUT2D eigenvalue weighted by Gasteiger charge is 2.16. The van der Waals surface area contributed by atoms with Gasteiger partial charge in [-0.05, 0) is 30.4 Å². The molecule has 0 saturated carbocycles. The number of thioether (sulfide) groups is 1. The van der Waals surface area contributed by atoms with Gasteiger partial charge in [0, 0.05) is 17.8 Å². The lowest BCUT2D eigenvalue weighted by Gasteiger charge is -2.10. The summed E-state index contributed by atoms with van der Waals surface area (Å²) in [6.45, 7) is 2.71. The minimum Gasteiger partial charge on any atom is -0.305 e. The van der Waals surface area contributed by atoms with Gasteiger partial charge < -0.3 is 4.57 Å². The zero-order valence-electron chi connectivity index (χ0n) is 13.4. The molecule has 0 aliphatic heterocycles. The number of benzene rings is 1. The molecule has 24 heavy (non-hydrogen) atoms. The fourth-order valence-electron chi connectivity index (χ4n) is 2.40. The average Bonchev–Trinajstić information content (AvgIpc) is 3.25. The molecule has 0 bridgehead atoms. The van der Waals surface area contributed by atoms with Crippen molar-refractivity contribution in [3.8, 4) is 6.07 Å². The van der Waals surface area contributed by atoms with E-state index < -0.39 is 0 Å². The first-order valence-electron chi connectivity index (χ1n) is 7.81. The van der Waals surface area contributed by atoms with Crippen LogP contribution in [0.25, 0.3) is 0 Å². The molecule has 0 aliphatic carbocycles. The number of aryl methyl sites for hydroxylation is 1. The number of rotatable bonds is 7. The second-order valence-corrected chi connectivity index (χ2v) is 7.77. The van der Waals surface area contributed by atoms with Gasteiger partial charge in [0.15, 0.2) is 5.16 Å². The Balaban J connectivity index is 1.81. The SMILES string of the molecule is CC(C#N)Sc1nnc(Cc2cccs2)n1CCc1ccccc1. The lowest BCUT2D eigenvalue weighted by atomic mass is 10.1. The Morgan fingerprint density at radius 1 is 1.21 bits per heavy atom. The highest BCUT2D eigenvalue weighted by molar-refractivity contribution is 8.00. The molecule has 0 N–H and O–H groups in total. The third-order valence-electron chi connectivity index (χ3n) is 3.64. The summed E-state index contributed by atoms with van der Waals surface area (Å²) < 4.78 is 2.16. The van der Waals surface area contributed by atoms with Gasteiger partial charge in [0.05, 0.1) is 11.3 Å². The first-order valence-corrected chi connectivity index (χ1v) is 9.57. The van der Waals surface area contributed by atoms with Gasteiger partial charge in [-0.15, -0.1) is 21.5 Å². The molecule has 1 atom stereocenters. The van der Waals surface area contributed by atoms with Crippen LogP contribution in [-0.2, 0) is 19.4 Å². The van der Waals surface area contributed by atoms with Crippen molar-refractivity contribution in [2.75, 3.05) is 0 Å². The number of thiophene rings is 1. The van der Waals surface area contributed by atoms with Gasteiger partial charge in [-0.2, -0.15) is 5.26 Å². The van der Waals surface area contributed by atoms with Gasteiger partial charge in [-0.3, -0.25) is 0 Å². The number of nitrogens with zero attached hydrogens (tertiary/aromatic N) is 4. The van der Waals surface area contributed by atoms with Crippen molar-refractivity contribution >= 4 is 23.1 Å². The molecule has 1 aromatic carbocycles. The number of nitriles is 1. The molecule has 3 rings (SSSR count). The molecule has 122 valence electrons. The summed E-state index contributed by atoms with van der Waals surface area (Å²) in [5.41, 5.74) is 1.29. The molecule has 0 radical (unpaired) electrons. The van der Waals surface area contributed by atoms with Crippen molar-refractivity contribution in [3.63, 3.8) is 0 Å². The van der Waals surface area contributed by atoms with Gasteiger partial charge in [-0.1, -0.05) is 48.2 Å². The third-order valence-corrected chi connectivity index (χ3v) is 5.49. The summed E-state index contributed by atoms with van der Waals surface area (Å²) >= 11 is 3.20. The van der Waals surface area contributed by atoms with Gasteiger partial charge in [-0.25, -0.2) is 0 Å². The summed E-state index contributed by atoms with van der Waals surface area (Å²) in [7, 11) is 0. The number of hydrogen-bond acceptors (Lipinski definition) is 5. The number of hydrogen-bond donors (Lipinski definition) is 0. The molecule has 3 aromatic rings. The van der Waals surface area contributed by atoms with Crippen molar-refractivity contribution in [3.05, 3.63) is 64.1 Å². The standard InChI is InChI=1S/C18H18N4S2/c1-14(13-19)24-18-21-20-17(12-16-8-5-11-23-16)22(18)10-9-15-6-3-2-4-7-15/h2-8,11,14H,9-10,12H2,1H3. The van der Waals surface area contributed by atoms with Crippen molar-refractivity contribution in [1.82, 2.24) is 14.8 Å². The Morgan fingerprint density at radius 2 is 2.04 bits per heavy atom. The van der Waals surface area contributed by atoms with E-state index >= 15 is 0 Å². The Labute approximate surface area is 150 Å². The third kappa shape index (κ3) is 4.25. The average molecular weight is 355 g/mol. The summed E-state index contributed by atoms with van der Waals surface area (Å²) in [4.78, 5) is 1.27. The van der Waals surface area contributed by atoms with E-state index in [1.54, 1.807) is 11.3 Å². The highest BCUT2D eigenvalue weighted by atomic mass is 32.2. The Hall–Kier alpha value is -2.10. The summed E-state index contributed by atoms with van der Waals surface area (Å²) in [5.74, 6) is 0.959. The van der Waals surface area contributed by atoms with E-state index in [4.69, 9.17) is 5.26 Å². The second-order valence-electron chi connectivity index (χ2n) is 5.43. The minimum absolute atomic E-state index is 0.140. The molecule has 4 nitrogen and oxygen atoms in total. The fourth-order valence-corrected chi connectivity index (χ4v) is 3.88. The van der Waals surface area contributed by atoms with E-state index in [0.717, 1.165) is 30.4 Å². The van der Waals surface area contributed by atoms with Gasteiger partial charge in [0.1, 0.15) is 5.82 Å². The molecule has 2 aromatic heterocycles. The van der Waals surface area contributed by atoms with E-state index in [1.165, 1.54) is 22.2 Å². The van der Waals surface area contributed by atoms with Gasteiger partial charge in [0.2, 0.25) is 0 Å². The minimum atomic E-state index is -0.140. The lowest BCUT2D eigenvalue weighted by Crippen LogP contribution is -2.09. The molecule has 0 amide bonds. The van der Waals surface area contributed by atoms with E-state index in [2.05, 4.69) is 62.6 Å². The molecule has 0 aliphatic rings. The zero-order chi connectivity index (χ0) is 16.8. The molecule has 0 spiro atoms. The molecule has 0 fully saturated rings. The van der Waals surface area contributed by atoms with Crippen LogP contribution in [0.1, 0.15) is 23.2 Å².